The molecule has 16 heavy (non-hydrogen) atoms. The lowest BCUT2D eigenvalue weighted by Crippen LogP contribution is -2.36. The Kier molecular flexibility index (Phi) is 4.31. The number of benzene rings is 1. The number of rotatable bonds is 4. The number of carbonyl (C=O) groups excluding carboxylic acids is 1. The lowest BCUT2D eigenvalue weighted by molar-refractivity contribution is -0.117. The molecule has 1 rings (SSSR count). The third kappa shape index (κ3) is 3.55. The van der Waals surface area contributed by atoms with Crippen molar-refractivity contribution < 1.29 is 9.90 Å². The van der Waals surface area contributed by atoms with E-state index in [1.165, 1.54) is 6.07 Å². The number of aromatic hydroxyl groups is 1. The molecule has 0 heterocycles. The molecule has 4 nitrogen and oxygen atoms in total. The molecule has 0 aliphatic carbocycles. The van der Waals surface area contributed by atoms with Crippen molar-refractivity contribution in [1.82, 2.24) is 0 Å². The number of phenolic OH excluding ortho intramolecular Hbond substituents is 1. The Morgan fingerprint density at radius 2 is 2.06 bits per heavy atom. The van der Waals surface area contributed by atoms with Crippen LogP contribution >= 0.6 is 0 Å². The fourth-order valence-electron chi connectivity index (χ4n) is 1.42. The molecule has 1 atom stereocenters. The van der Waals surface area contributed by atoms with Gasteiger partial charge < -0.3 is 16.2 Å². The lowest BCUT2D eigenvalue weighted by Gasteiger charge is -2.14. The Labute approximate surface area is 95.5 Å². The van der Waals surface area contributed by atoms with E-state index in [4.69, 9.17) is 5.73 Å². The zero-order valence-corrected chi connectivity index (χ0v) is 9.60. The number of hydrogen-bond donors (Lipinski definition) is 3. The molecule has 0 aromatic heterocycles. The van der Waals surface area contributed by atoms with Gasteiger partial charge >= 0.3 is 0 Å². The predicted octanol–water partition coefficient (Wildman–Crippen LogP) is 1.70. The van der Waals surface area contributed by atoms with Gasteiger partial charge in [0, 0.05) is 0 Å². The third-order valence-electron chi connectivity index (χ3n) is 2.22. The molecular formula is C12H18N2O2. The second-order valence-corrected chi connectivity index (χ2v) is 4.24. The van der Waals surface area contributed by atoms with Crippen molar-refractivity contribution >= 4 is 11.6 Å². The second kappa shape index (κ2) is 5.51. The van der Waals surface area contributed by atoms with E-state index in [2.05, 4.69) is 5.32 Å². The number of anilines is 1. The van der Waals surface area contributed by atoms with Gasteiger partial charge in [0.05, 0.1) is 11.7 Å². The Morgan fingerprint density at radius 3 is 2.62 bits per heavy atom. The summed E-state index contributed by atoms with van der Waals surface area (Å²) in [5.41, 5.74) is 6.12. The number of carbonyl (C=O) groups is 1. The van der Waals surface area contributed by atoms with Crippen LogP contribution < -0.4 is 11.1 Å². The van der Waals surface area contributed by atoms with Gasteiger partial charge in [-0.25, -0.2) is 0 Å². The Hall–Kier alpha value is -1.55. The van der Waals surface area contributed by atoms with Crippen LogP contribution in [-0.2, 0) is 4.79 Å². The SMILES string of the molecule is CC(C)CC(N)C(=O)Nc1ccccc1O. The van der Waals surface area contributed by atoms with Gasteiger partial charge in [0.15, 0.2) is 0 Å². The predicted molar refractivity (Wildman–Crippen MR) is 64.2 cm³/mol. The zero-order chi connectivity index (χ0) is 12.1. The maximum Gasteiger partial charge on any atom is 0.241 e. The Bertz CT molecular complexity index is 364. The van der Waals surface area contributed by atoms with Crippen molar-refractivity contribution in [2.45, 2.75) is 26.3 Å². The molecular weight excluding hydrogens is 204 g/mol. The van der Waals surface area contributed by atoms with Crippen molar-refractivity contribution in [3.63, 3.8) is 0 Å². The minimum absolute atomic E-state index is 0.0487. The highest BCUT2D eigenvalue weighted by Gasteiger charge is 2.15. The van der Waals surface area contributed by atoms with Gasteiger partial charge in [0.1, 0.15) is 5.75 Å². The molecule has 0 aliphatic heterocycles. The number of hydrogen-bond acceptors (Lipinski definition) is 3. The van der Waals surface area contributed by atoms with Crippen molar-refractivity contribution in [3.05, 3.63) is 24.3 Å². The highest BCUT2D eigenvalue weighted by molar-refractivity contribution is 5.95. The Morgan fingerprint density at radius 1 is 1.44 bits per heavy atom. The maximum absolute atomic E-state index is 11.7. The van der Waals surface area contributed by atoms with Gasteiger partial charge in [-0.2, -0.15) is 0 Å². The third-order valence-corrected chi connectivity index (χ3v) is 2.22. The van der Waals surface area contributed by atoms with Crippen LogP contribution in [0.15, 0.2) is 24.3 Å². The van der Waals surface area contributed by atoms with E-state index in [-0.39, 0.29) is 11.7 Å². The van der Waals surface area contributed by atoms with Crippen LogP contribution in [0.3, 0.4) is 0 Å². The molecule has 0 saturated heterocycles. The first kappa shape index (κ1) is 12.5. The summed E-state index contributed by atoms with van der Waals surface area (Å²) in [5, 5.41) is 12.1. The molecule has 1 amide bonds. The van der Waals surface area contributed by atoms with Crippen LogP contribution in [0.2, 0.25) is 0 Å². The standard InChI is InChI=1S/C12H18N2O2/c1-8(2)7-9(13)12(16)14-10-5-3-4-6-11(10)15/h3-6,8-9,15H,7,13H2,1-2H3,(H,14,16). The average molecular weight is 222 g/mol. The molecule has 1 aromatic carbocycles. The van der Waals surface area contributed by atoms with Crippen LogP contribution in [0.25, 0.3) is 0 Å². The molecule has 1 aromatic rings. The van der Waals surface area contributed by atoms with Gasteiger partial charge in [-0.3, -0.25) is 4.79 Å². The molecule has 4 N–H and O–H groups in total. The number of phenols is 1. The molecule has 0 bridgehead atoms. The summed E-state index contributed by atoms with van der Waals surface area (Å²) < 4.78 is 0. The zero-order valence-electron chi connectivity index (χ0n) is 9.60. The summed E-state index contributed by atoms with van der Waals surface area (Å²) >= 11 is 0. The quantitative estimate of drug-likeness (QED) is 0.679. The molecule has 0 fully saturated rings. The van der Waals surface area contributed by atoms with E-state index >= 15 is 0 Å². The van der Waals surface area contributed by atoms with Crippen molar-refractivity contribution in [1.29, 1.82) is 0 Å². The molecule has 0 aliphatic rings. The smallest absolute Gasteiger partial charge is 0.241 e. The van der Waals surface area contributed by atoms with E-state index in [1.807, 2.05) is 13.8 Å². The fourth-order valence-corrected chi connectivity index (χ4v) is 1.42. The first-order valence-corrected chi connectivity index (χ1v) is 5.35. The monoisotopic (exact) mass is 222 g/mol. The number of para-hydroxylation sites is 2. The topological polar surface area (TPSA) is 75.4 Å². The van der Waals surface area contributed by atoms with E-state index < -0.39 is 6.04 Å². The van der Waals surface area contributed by atoms with Crippen LogP contribution in [0.4, 0.5) is 5.69 Å². The van der Waals surface area contributed by atoms with Gasteiger partial charge in [-0.1, -0.05) is 26.0 Å². The van der Waals surface area contributed by atoms with Crippen molar-refractivity contribution in [3.8, 4) is 5.75 Å². The molecule has 0 saturated carbocycles. The number of nitrogens with two attached hydrogens (primary N) is 1. The summed E-state index contributed by atoms with van der Waals surface area (Å²) in [6.07, 6.45) is 0.624. The van der Waals surface area contributed by atoms with Crippen LogP contribution in [-0.4, -0.2) is 17.1 Å². The first-order chi connectivity index (χ1) is 7.50. The molecule has 1 unspecified atom stereocenters. The Balaban J connectivity index is 2.61. The lowest BCUT2D eigenvalue weighted by atomic mass is 10.0. The van der Waals surface area contributed by atoms with Gasteiger partial charge in [-0.05, 0) is 24.5 Å². The minimum Gasteiger partial charge on any atom is -0.506 e. The molecule has 0 radical (unpaired) electrons. The van der Waals surface area contributed by atoms with Crippen molar-refractivity contribution in [2.24, 2.45) is 11.7 Å². The van der Waals surface area contributed by atoms with Crippen LogP contribution in [0.5, 0.6) is 5.75 Å². The van der Waals surface area contributed by atoms with Crippen molar-refractivity contribution in [2.75, 3.05) is 5.32 Å². The minimum atomic E-state index is -0.542. The van der Waals surface area contributed by atoms with Crippen LogP contribution in [0.1, 0.15) is 20.3 Å². The average Bonchev–Trinajstić information content (AvgIpc) is 2.20. The molecule has 88 valence electrons. The number of amides is 1. The summed E-state index contributed by atoms with van der Waals surface area (Å²) in [7, 11) is 0. The molecule has 4 heteroatoms. The summed E-state index contributed by atoms with van der Waals surface area (Å²) in [5.74, 6) is 0.146. The largest absolute Gasteiger partial charge is 0.506 e. The van der Waals surface area contributed by atoms with Crippen LogP contribution in [0, 0.1) is 5.92 Å². The first-order valence-electron chi connectivity index (χ1n) is 5.35. The summed E-state index contributed by atoms with van der Waals surface area (Å²) in [4.78, 5) is 11.7. The highest BCUT2D eigenvalue weighted by atomic mass is 16.3. The summed E-state index contributed by atoms with van der Waals surface area (Å²) in [6.45, 7) is 4.01. The number of nitrogens with one attached hydrogen (secondary N) is 1. The second-order valence-electron chi connectivity index (χ2n) is 4.24. The van der Waals surface area contributed by atoms with E-state index in [0.717, 1.165) is 0 Å². The normalized spacial score (nSPS) is 12.5. The van der Waals surface area contributed by atoms with Gasteiger partial charge in [0.25, 0.3) is 0 Å². The fraction of sp³-hybridized carbons (Fsp3) is 0.417. The highest BCUT2D eigenvalue weighted by Crippen LogP contribution is 2.21. The van der Waals surface area contributed by atoms with E-state index in [0.29, 0.717) is 18.0 Å². The molecule has 0 spiro atoms. The maximum atomic E-state index is 11.7. The van der Waals surface area contributed by atoms with Gasteiger partial charge in [-0.15, -0.1) is 0 Å². The van der Waals surface area contributed by atoms with E-state index in [9.17, 15) is 9.90 Å². The van der Waals surface area contributed by atoms with E-state index in [1.54, 1.807) is 18.2 Å². The van der Waals surface area contributed by atoms with Gasteiger partial charge in [0.2, 0.25) is 5.91 Å². The summed E-state index contributed by atoms with van der Waals surface area (Å²) in [6, 6.07) is 6.04.